The molecule has 0 radical (unpaired) electrons. The molecule has 1 aliphatic heterocycles. The second-order valence-electron chi connectivity index (χ2n) is 7.32. The van der Waals surface area contributed by atoms with Crippen LogP contribution in [0.1, 0.15) is 5.56 Å². The van der Waals surface area contributed by atoms with Gasteiger partial charge in [0.1, 0.15) is 5.75 Å². The number of benzene rings is 2. The van der Waals surface area contributed by atoms with E-state index in [1.165, 1.54) is 12.1 Å². The Morgan fingerprint density at radius 1 is 1.00 bits per heavy atom. The number of rotatable bonds is 6. The molecule has 2 amide bonds. The first kappa shape index (κ1) is 23.4. The standard InChI is InChI=1S/C22H25F3N4O3/c1-32-19-7-5-18(6-8-19)29-13-11-28(12-14-29)10-9-26-20(30)21(31)27-17-4-2-3-16(15-17)22(23,24)25/h2-8,15H,9-14H2,1H3,(H,26,30)(H,27,31). The molecule has 3 rings (SSSR count). The van der Waals surface area contributed by atoms with Crippen molar-refractivity contribution in [3.63, 3.8) is 0 Å². The minimum Gasteiger partial charge on any atom is -0.497 e. The molecule has 0 bridgehead atoms. The maximum Gasteiger partial charge on any atom is 0.416 e. The summed E-state index contributed by atoms with van der Waals surface area (Å²) in [5.41, 5.74) is 0.129. The monoisotopic (exact) mass is 450 g/mol. The van der Waals surface area contributed by atoms with Crippen LogP contribution in [-0.4, -0.2) is 63.1 Å². The summed E-state index contributed by atoms with van der Waals surface area (Å²) >= 11 is 0. The molecule has 1 heterocycles. The number of ether oxygens (including phenoxy) is 1. The van der Waals surface area contributed by atoms with E-state index >= 15 is 0 Å². The molecular weight excluding hydrogens is 425 g/mol. The highest BCUT2D eigenvalue weighted by molar-refractivity contribution is 6.39. The van der Waals surface area contributed by atoms with Crippen LogP contribution in [0.3, 0.4) is 0 Å². The fourth-order valence-corrected chi connectivity index (χ4v) is 3.39. The second-order valence-corrected chi connectivity index (χ2v) is 7.32. The van der Waals surface area contributed by atoms with E-state index in [1.807, 2.05) is 24.3 Å². The topological polar surface area (TPSA) is 73.9 Å². The van der Waals surface area contributed by atoms with Crippen LogP contribution in [0.4, 0.5) is 24.5 Å². The van der Waals surface area contributed by atoms with Gasteiger partial charge < -0.3 is 20.3 Å². The maximum absolute atomic E-state index is 12.8. The molecule has 7 nitrogen and oxygen atoms in total. The molecule has 1 fully saturated rings. The van der Waals surface area contributed by atoms with E-state index in [2.05, 4.69) is 20.4 Å². The number of carbonyl (C=O) groups excluding carboxylic acids is 2. The van der Waals surface area contributed by atoms with Gasteiger partial charge in [-0.1, -0.05) is 6.07 Å². The number of amides is 2. The lowest BCUT2D eigenvalue weighted by atomic mass is 10.2. The minimum absolute atomic E-state index is 0.0883. The first-order valence-electron chi connectivity index (χ1n) is 10.1. The molecule has 2 aromatic rings. The molecule has 1 aliphatic rings. The zero-order valence-electron chi connectivity index (χ0n) is 17.6. The Bertz CT molecular complexity index is 927. The largest absolute Gasteiger partial charge is 0.497 e. The molecule has 32 heavy (non-hydrogen) atoms. The summed E-state index contributed by atoms with van der Waals surface area (Å²) in [6.07, 6.45) is -4.53. The number of methoxy groups -OCH3 is 1. The summed E-state index contributed by atoms with van der Waals surface area (Å²) in [5, 5.41) is 4.70. The van der Waals surface area contributed by atoms with Gasteiger partial charge in [-0.15, -0.1) is 0 Å². The van der Waals surface area contributed by atoms with Crippen LogP contribution in [0.2, 0.25) is 0 Å². The van der Waals surface area contributed by atoms with Crippen LogP contribution in [0.15, 0.2) is 48.5 Å². The van der Waals surface area contributed by atoms with Crippen LogP contribution in [0.5, 0.6) is 5.75 Å². The number of piperazine rings is 1. The highest BCUT2D eigenvalue weighted by Crippen LogP contribution is 2.30. The second kappa shape index (κ2) is 10.4. The van der Waals surface area contributed by atoms with Crippen LogP contribution in [0, 0.1) is 0 Å². The minimum atomic E-state index is -4.53. The quantitative estimate of drug-likeness (QED) is 0.662. The average Bonchev–Trinajstić information content (AvgIpc) is 2.79. The Labute approximate surface area is 184 Å². The molecule has 0 atom stereocenters. The first-order valence-corrected chi connectivity index (χ1v) is 10.1. The Morgan fingerprint density at radius 3 is 2.31 bits per heavy atom. The predicted octanol–water partition coefficient (Wildman–Crippen LogP) is 2.59. The Hall–Kier alpha value is -3.27. The molecule has 0 aliphatic carbocycles. The summed E-state index contributed by atoms with van der Waals surface area (Å²) in [6.45, 7) is 4.10. The molecule has 0 saturated carbocycles. The van der Waals surface area contributed by atoms with Crippen molar-refractivity contribution in [3.8, 4) is 5.75 Å². The number of anilines is 2. The van der Waals surface area contributed by atoms with Crippen LogP contribution < -0.4 is 20.3 Å². The average molecular weight is 450 g/mol. The van der Waals surface area contributed by atoms with E-state index in [0.29, 0.717) is 6.54 Å². The third kappa shape index (κ3) is 6.36. The fraction of sp³-hybridized carbons (Fsp3) is 0.364. The van der Waals surface area contributed by atoms with E-state index in [4.69, 9.17) is 4.74 Å². The normalized spacial score (nSPS) is 14.7. The number of alkyl halides is 3. The molecule has 2 aromatic carbocycles. The summed E-state index contributed by atoms with van der Waals surface area (Å²) in [6, 6.07) is 12.0. The number of hydrogen-bond donors (Lipinski definition) is 2. The lowest BCUT2D eigenvalue weighted by Gasteiger charge is -2.36. The van der Waals surface area contributed by atoms with Crippen molar-refractivity contribution in [3.05, 3.63) is 54.1 Å². The lowest BCUT2D eigenvalue weighted by molar-refractivity contribution is -0.137. The number of nitrogens with one attached hydrogen (secondary N) is 2. The van der Waals surface area contributed by atoms with E-state index in [1.54, 1.807) is 7.11 Å². The van der Waals surface area contributed by atoms with Crippen molar-refractivity contribution >= 4 is 23.2 Å². The first-order chi connectivity index (χ1) is 15.3. The zero-order chi connectivity index (χ0) is 23.1. The highest BCUT2D eigenvalue weighted by Gasteiger charge is 2.30. The van der Waals surface area contributed by atoms with Crippen LogP contribution in [0.25, 0.3) is 0 Å². The summed E-state index contributed by atoms with van der Waals surface area (Å²) in [5.74, 6) is -1.09. The van der Waals surface area contributed by atoms with Gasteiger partial charge in [0.25, 0.3) is 0 Å². The third-order valence-electron chi connectivity index (χ3n) is 5.18. The smallest absolute Gasteiger partial charge is 0.416 e. The van der Waals surface area contributed by atoms with Crippen LogP contribution in [-0.2, 0) is 15.8 Å². The van der Waals surface area contributed by atoms with Gasteiger partial charge in [-0.2, -0.15) is 13.2 Å². The summed E-state index contributed by atoms with van der Waals surface area (Å²) < 4.78 is 43.4. The summed E-state index contributed by atoms with van der Waals surface area (Å²) in [7, 11) is 1.63. The van der Waals surface area contributed by atoms with Crippen molar-refractivity contribution in [1.82, 2.24) is 10.2 Å². The van der Waals surface area contributed by atoms with Gasteiger partial charge in [-0.3, -0.25) is 14.5 Å². The van der Waals surface area contributed by atoms with Gasteiger partial charge in [0.2, 0.25) is 0 Å². The molecule has 1 saturated heterocycles. The molecule has 0 unspecified atom stereocenters. The SMILES string of the molecule is COc1ccc(N2CCN(CCNC(=O)C(=O)Nc3cccc(C(F)(F)F)c3)CC2)cc1. The van der Waals surface area contributed by atoms with E-state index in [-0.39, 0.29) is 12.2 Å². The zero-order valence-corrected chi connectivity index (χ0v) is 17.6. The van der Waals surface area contributed by atoms with Gasteiger partial charge in [0, 0.05) is 50.6 Å². The van der Waals surface area contributed by atoms with Gasteiger partial charge in [0.15, 0.2) is 0 Å². The van der Waals surface area contributed by atoms with E-state index in [9.17, 15) is 22.8 Å². The Balaban J connectivity index is 1.39. The fourth-order valence-electron chi connectivity index (χ4n) is 3.39. The van der Waals surface area contributed by atoms with Crippen molar-refractivity contribution in [2.24, 2.45) is 0 Å². The van der Waals surface area contributed by atoms with Gasteiger partial charge in [0.05, 0.1) is 12.7 Å². The molecule has 0 aromatic heterocycles. The number of carbonyl (C=O) groups is 2. The predicted molar refractivity (Wildman–Crippen MR) is 115 cm³/mol. The van der Waals surface area contributed by atoms with Crippen LogP contribution >= 0.6 is 0 Å². The molecule has 0 spiro atoms. The summed E-state index contributed by atoms with van der Waals surface area (Å²) in [4.78, 5) is 28.4. The van der Waals surface area contributed by atoms with Crippen molar-refractivity contribution < 1.29 is 27.5 Å². The van der Waals surface area contributed by atoms with Crippen molar-refractivity contribution in [2.45, 2.75) is 6.18 Å². The van der Waals surface area contributed by atoms with Crippen molar-refractivity contribution in [2.75, 3.05) is 56.6 Å². The Morgan fingerprint density at radius 2 is 1.69 bits per heavy atom. The molecule has 2 N–H and O–H groups in total. The van der Waals surface area contributed by atoms with Gasteiger partial charge in [-0.25, -0.2) is 0 Å². The number of halogens is 3. The highest BCUT2D eigenvalue weighted by atomic mass is 19.4. The third-order valence-corrected chi connectivity index (χ3v) is 5.18. The van der Waals surface area contributed by atoms with Gasteiger partial charge in [-0.05, 0) is 42.5 Å². The van der Waals surface area contributed by atoms with E-state index < -0.39 is 23.6 Å². The number of nitrogens with zero attached hydrogens (tertiary/aromatic N) is 2. The molecular formula is C22H25F3N4O3. The molecule has 10 heteroatoms. The van der Waals surface area contributed by atoms with E-state index in [0.717, 1.165) is 49.7 Å². The van der Waals surface area contributed by atoms with Gasteiger partial charge >= 0.3 is 18.0 Å². The molecule has 172 valence electrons. The van der Waals surface area contributed by atoms with Crippen molar-refractivity contribution in [1.29, 1.82) is 0 Å². The maximum atomic E-state index is 12.8. The Kier molecular flexibility index (Phi) is 7.57. The number of hydrogen-bond acceptors (Lipinski definition) is 5. The lowest BCUT2D eigenvalue weighted by Crippen LogP contribution is -2.49.